The molecule has 46 valence electrons. The van der Waals surface area contributed by atoms with E-state index in [1.54, 1.807) is 0 Å². The summed E-state index contributed by atoms with van der Waals surface area (Å²) in [5, 5.41) is 3.43. The van der Waals surface area contributed by atoms with Gasteiger partial charge in [-0.25, -0.2) is 0 Å². The molecule has 0 saturated carbocycles. The van der Waals surface area contributed by atoms with Crippen LogP contribution in [0.2, 0.25) is 0 Å². The molecule has 2 nitrogen and oxygen atoms in total. The van der Waals surface area contributed by atoms with E-state index in [1.165, 1.54) is 0 Å². The lowest BCUT2D eigenvalue weighted by molar-refractivity contribution is 0.344. The second kappa shape index (κ2) is 2.51. The Kier molecular flexibility index (Phi) is 1.91. The first-order valence-electron chi connectivity index (χ1n) is 2.84. The van der Waals surface area contributed by atoms with Gasteiger partial charge in [-0.2, -0.15) is 0 Å². The van der Waals surface area contributed by atoms with Crippen molar-refractivity contribution in [3.05, 3.63) is 0 Å². The molecule has 1 atom stereocenters. The van der Waals surface area contributed by atoms with Gasteiger partial charge in [0, 0.05) is 23.2 Å². The van der Waals surface area contributed by atoms with Crippen LogP contribution < -0.4 is 5.32 Å². The normalized spacial score (nSPS) is 24.1. The van der Waals surface area contributed by atoms with Crippen LogP contribution in [-0.2, 0) is 15.9 Å². The van der Waals surface area contributed by atoms with E-state index >= 15 is 0 Å². The Bertz CT molecular complexity index is 92.4. The molecule has 0 aromatic carbocycles. The summed E-state index contributed by atoms with van der Waals surface area (Å²) in [6.07, 6.45) is 0. The van der Waals surface area contributed by atoms with Crippen molar-refractivity contribution in [1.29, 1.82) is 0 Å². The third-order valence-electron chi connectivity index (χ3n) is 1.63. The Labute approximate surface area is 53.1 Å². The van der Waals surface area contributed by atoms with Crippen LogP contribution in [0.15, 0.2) is 0 Å². The predicted molar refractivity (Wildman–Crippen MR) is 33.9 cm³/mol. The van der Waals surface area contributed by atoms with Gasteiger partial charge in [0.25, 0.3) is 0 Å². The van der Waals surface area contributed by atoms with Gasteiger partial charge in [0.15, 0.2) is 0 Å². The fourth-order valence-corrected chi connectivity index (χ4v) is 1.07. The monoisotopic (exact) mass is 132 g/mol. The molecule has 1 heterocycles. The molecule has 0 spiro atoms. The van der Waals surface area contributed by atoms with E-state index in [9.17, 15) is 4.21 Å². The van der Waals surface area contributed by atoms with Gasteiger partial charge in [-0.1, -0.05) is 0 Å². The molecular formula is C5H10NOS+. The molecule has 1 aliphatic heterocycles. The molecule has 0 aromatic heterocycles. The lowest BCUT2D eigenvalue weighted by Crippen LogP contribution is -2.47. The second-order valence-corrected chi connectivity index (χ2v) is 3.16. The Balaban J connectivity index is 2.22. The largest absolute Gasteiger partial charge is 0.462 e. The van der Waals surface area contributed by atoms with Crippen LogP contribution in [0.25, 0.3) is 0 Å². The third-order valence-corrected chi connectivity index (χ3v) is 2.32. The van der Waals surface area contributed by atoms with E-state index in [1.807, 2.05) is 6.92 Å². The van der Waals surface area contributed by atoms with Gasteiger partial charge in [0.2, 0.25) is 5.25 Å². The van der Waals surface area contributed by atoms with Crippen LogP contribution in [0.4, 0.5) is 0 Å². The highest BCUT2D eigenvalue weighted by atomic mass is 32.1. The van der Waals surface area contributed by atoms with E-state index in [0.29, 0.717) is 11.2 Å². The van der Waals surface area contributed by atoms with E-state index in [-0.39, 0.29) is 0 Å². The lowest BCUT2D eigenvalue weighted by Gasteiger charge is -2.24. The van der Waals surface area contributed by atoms with Gasteiger partial charge < -0.3 is 5.32 Å². The molecule has 1 unspecified atom stereocenters. The fraction of sp³-hybridized carbons (Fsp3) is 1.00. The smallest absolute Gasteiger partial charge is 0.316 e. The van der Waals surface area contributed by atoms with E-state index < -0.39 is 0 Å². The first kappa shape index (κ1) is 6.11. The van der Waals surface area contributed by atoms with Gasteiger partial charge in [-0.3, -0.25) is 0 Å². The molecule has 8 heavy (non-hydrogen) atoms. The molecule has 1 aliphatic rings. The molecule has 1 fully saturated rings. The van der Waals surface area contributed by atoms with Gasteiger partial charge in [-0.15, -0.1) is 0 Å². The third kappa shape index (κ3) is 1.03. The summed E-state index contributed by atoms with van der Waals surface area (Å²) in [5.74, 6) is 0.637. The molecule has 0 aliphatic carbocycles. The number of hydrogen-bond acceptors (Lipinski definition) is 2. The Morgan fingerprint density at radius 1 is 1.75 bits per heavy atom. The SMILES string of the molecule is CC([S+]=O)C1CNC1. The summed E-state index contributed by atoms with van der Waals surface area (Å²) in [7, 11) is 0. The molecule has 0 amide bonds. The Morgan fingerprint density at radius 3 is 2.50 bits per heavy atom. The number of rotatable bonds is 2. The zero-order chi connectivity index (χ0) is 5.98. The van der Waals surface area contributed by atoms with Crippen LogP contribution in [0.5, 0.6) is 0 Å². The number of nitrogens with one attached hydrogen (secondary N) is 1. The second-order valence-electron chi connectivity index (χ2n) is 2.22. The van der Waals surface area contributed by atoms with Crippen LogP contribution in [-0.4, -0.2) is 18.3 Å². The van der Waals surface area contributed by atoms with Crippen molar-refractivity contribution in [2.75, 3.05) is 13.1 Å². The summed E-state index contributed by atoms with van der Waals surface area (Å²) in [6.45, 7) is 4.07. The molecular weight excluding hydrogens is 122 g/mol. The van der Waals surface area contributed by atoms with E-state index in [4.69, 9.17) is 0 Å². The molecule has 0 aromatic rings. The fourth-order valence-electron chi connectivity index (χ4n) is 0.721. The first-order chi connectivity index (χ1) is 3.84. The van der Waals surface area contributed by atoms with Crippen LogP contribution >= 0.6 is 0 Å². The molecule has 1 rings (SSSR count). The summed E-state index contributed by atoms with van der Waals surface area (Å²) < 4.78 is 10.2. The maximum atomic E-state index is 10.2. The summed E-state index contributed by atoms with van der Waals surface area (Å²) in [4.78, 5) is 0. The van der Waals surface area contributed by atoms with Gasteiger partial charge in [0.05, 0.1) is 0 Å². The van der Waals surface area contributed by atoms with Crippen molar-refractivity contribution < 1.29 is 4.21 Å². The first-order valence-corrected chi connectivity index (χ1v) is 3.64. The highest BCUT2D eigenvalue weighted by Crippen LogP contribution is 2.09. The van der Waals surface area contributed by atoms with E-state index in [2.05, 4.69) is 5.32 Å². The maximum Gasteiger partial charge on any atom is 0.462 e. The highest BCUT2D eigenvalue weighted by molar-refractivity contribution is 7.66. The van der Waals surface area contributed by atoms with Crippen molar-refractivity contribution in [3.63, 3.8) is 0 Å². The summed E-state index contributed by atoms with van der Waals surface area (Å²) >= 11 is 0.719. The van der Waals surface area contributed by atoms with Crippen molar-refractivity contribution in [1.82, 2.24) is 5.32 Å². The average molecular weight is 132 g/mol. The van der Waals surface area contributed by atoms with Crippen LogP contribution in [0, 0.1) is 5.92 Å². The Morgan fingerprint density at radius 2 is 2.38 bits per heavy atom. The Hall–Kier alpha value is -0.0200. The quantitative estimate of drug-likeness (QED) is 0.537. The van der Waals surface area contributed by atoms with Gasteiger partial charge in [-0.05, 0) is 6.92 Å². The van der Waals surface area contributed by atoms with Crippen LogP contribution in [0.1, 0.15) is 6.92 Å². The molecule has 0 radical (unpaired) electrons. The average Bonchev–Trinajstić information content (AvgIpc) is 1.62. The molecule has 3 heteroatoms. The van der Waals surface area contributed by atoms with Crippen LogP contribution in [0.3, 0.4) is 0 Å². The van der Waals surface area contributed by atoms with Crippen molar-refractivity contribution >= 4 is 11.7 Å². The van der Waals surface area contributed by atoms with Crippen molar-refractivity contribution in [2.24, 2.45) is 5.92 Å². The lowest BCUT2D eigenvalue weighted by atomic mass is 10.0. The van der Waals surface area contributed by atoms with Crippen molar-refractivity contribution in [3.8, 4) is 0 Å². The minimum absolute atomic E-state index is 0.302. The van der Waals surface area contributed by atoms with Gasteiger partial charge >= 0.3 is 11.7 Å². The number of hydrogen-bond donors (Lipinski definition) is 1. The maximum absolute atomic E-state index is 10.2. The highest BCUT2D eigenvalue weighted by Gasteiger charge is 2.32. The van der Waals surface area contributed by atoms with Gasteiger partial charge in [0.1, 0.15) is 0 Å². The van der Waals surface area contributed by atoms with Crippen molar-refractivity contribution in [2.45, 2.75) is 12.2 Å². The molecule has 1 saturated heterocycles. The standard InChI is InChI=1S/C5H10NOS/c1-4(8-7)5-2-6-3-5/h4-6H,2-3H2,1H3/q+1. The minimum atomic E-state index is 0.302. The molecule has 0 bridgehead atoms. The van der Waals surface area contributed by atoms with E-state index in [0.717, 1.165) is 24.8 Å². The zero-order valence-electron chi connectivity index (χ0n) is 4.89. The summed E-state index contributed by atoms with van der Waals surface area (Å²) in [6, 6.07) is 0. The minimum Gasteiger partial charge on any atom is -0.316 e. The molecule has 1 N–H and O–H groups in total. The topological polar surface area (TPSA) is 29.1 Å². The predicted octanol–water partition coefficient (Wildman–Crippen LogP) is 0.0224. The summed E-state index contributed by atoms with van der Waals surface area (Å²) in [5.41, 5.74) is 0. The zero-order valence-corrected chi connectivity index (χ0v) is 5.70.